The molecule has 0 spiro atoms. The lowest BCUT2D eigenvalue weighted by Crippen LogP contribution is -2.47. The lowest BCUT2D eigenvalue weighted by Gasteiger charge is -2.32. The van der Waals surface area contributed by atoms with Crippen molar-refractivity contribution in [2.24, 2.45) is 0 Å². The van der Waals surface area contributed by atoms with E-state index in [0.717, 1.165) is 19.2 Å². The van der Waals surface area contributed by atoms with Gasteiger partial charge in [-0.25, -0.2) is 4.39 Å². The number of nitrogens with one attached hydrogen (secondary N) is 1. The number of rotatable bonds is 4. The number of likely N-dealkylation sites (N-methyl/N-ethyl adjacent to an activating group) is 1. The average Bonchev–Trinajstić information content (AvgIpc) is 2.73. The van der Waals surface area contributed by atoms with Gasteiger partial charge in [0.2, 0.25) is 0 Å². The number of benzene rings is 2. The van der Waals surface area contributed by atoms with Gasteiger partial charge in [-0.1, -0.05) is 0 Å². The number of hydrogen-bond donors (Lipinski definition) is 1. The molecule has 1 aliphatic rings. The summed E-state index contributed by atoms with van der Waals surface area (Å²) in [5.41, 5.74) is -1.50. The van der Waals surface area contributed by atoms with Gasteiger partial charge in [0.25, 0.3) is 11.8 Å². The van der Waals surface area contributed by atoms with Gasteiger partial charge in [0.05, 0.1) is 18.4 Å². The third-order valence-corrected chi connectivity index (χ3v) is 5.02. The fraction of sp³-hybridized carbons (Fsp3) is 0.333. The summed E-state index contributed by atoms with van der Waals surface area (Å²) < 4.78 is 57.5. The number of hydrogen-bond acceptors (Lipinski definition) is 4. The van der Waals surface area contributed by atoms with E-state index in [1.165, 1.54) is 19.2 Å². The zero-order valence-electron chi connectivity index (χ0n) is 16.9. The largest absolute Gasteiger partial charge is 0.495 e. The van der Waals surface area contributed by atoms with E-state index < -0.39 is 23.5 Å². The molecule has 1 saturated heterocycles. The Morgan fingerprint density at radius 3 is 2.26 bits per heavy atom. The molecule has 10 heteroatoms. The molecular weight excluding hydrogens is 418 g/mol. The summed E-state index contributed by atoms with van der Waals surface area (Å²) >= 11 is 0. The SMILES string of the molecule is COc1ccc(C(=O)N2CCN(C)CC2)cc1NC(=O)c1ccc(F)c(C(F)(F)F)c1. The number of methoxy groups -OCH3 is 1. The molecule has 3 rings (SSSR count). The first-order valence-electron chi connectivity index (χ1n) is 9.44. The second-order valence-electron chi connectivity index (χ2n) is 7.16. The Bertz CT molecular complexity index is 986. The van der Waals surface area contributed by atoms with Crippen LogP contribution in [0.15, 0.2) is 36.4 Å². The predicted molar refractivity (Wildman–Crippen MR) is 106 cm³/mol. The first kappa shape index (κ1) is 22.5. The highest BCUT2D eigenvalue weighted by Gasteiger charge is 2.34. The second-order valence-corrected chi connectivity index (χ2v) is 7.16. The van der Waals surface area contributed by atoms with Crippen LogP contribution >= 0.6 is 0 Å². The van der Waals surface area contributed by atoms with E-state index >= 15 is 0 Å². The number of anilines is 1. The molecule has 1 N–H and O–H groups in total. The van der Waals surface area contributed by atoms with E-state index in [9.17, 15) is 27.2 Å². The fourth-order valence-electron chi connectivity index (χ4n) is 3.21. The lowest BCUT2D eigenvalue weighted by atomic mass is 10.1. The molecule has 0 aliphatic carbocycles. The minimum Gasteiger partial charge on any atom is -0.495 e. The highest BCUT2D eigenvalue weighted by molar-refractivity contribution is 6.06. The van der Waals surface area contributed by atoms with Crippen molar-refractivity contribution in [2.75, 3.05) is 45.7 Å². The molecule has 2 aromatic carbocycles. The Morgan fingerprint density at radius 2 is 1.65 bits per heavy atom. The van der Waals surface area contributed by atoms with Gasteiger partial charge in [0.15, 0.2) is 0 Å². The maximum atomic E-state index is 13.5. The molecule has 166 valence electrons. The third kappa shape index (κ3) is 5.13. The van der Waals surface area contributed by atoms with Gasteiger partial charge in [-0.3, -0.25) is 9.59 Å². The molecule has 2 amide bonds. The smallest absolute Gasteiger partial charge is 0.419 e. The molecule has 0 unspecified atom stereocenters. The van der Waals surface area contributed by atoms with Gasteiger partial charge in [0.1, 0.15) is 11.6 Å². The fourth-order valence-corrected chi connectivity index (χ4v) is 3.21. The van der Waals surface area contributed by atoms with E-state index in [4.69, 9.17) is 4.74 Å². The van der Waals surface area contributed by atoms with Crippen molar-refractivity contribution < 1.29 is 31.9 Å². The summed E-state index contributed by atoms with van der Waals surface area (Å²) in [7, 11) is 3.31. The van der Waals surface area contributed by atoms with Gasteiger partial charge in [-0.15, -0.1) is 0 Å². The number of nitrogens with zero attached hydrogens (tertiary/aromatic N) is 2. The number of alkyl halides is 3. The van der Waals surface area contributed by atoms with Crippen LogP contribution in [-0.4, -0.2) is 62.0 Å². The molecule has 0 bridgehead atoms. The molecule has 0 saturated carbocycles. The van der Waals surface area contributed by atoms with Gasteiger partial charge in [0, 0.05) is 37.3 Å². The number of halogens is 4. The maximum absolute atomic E-state index is 13.5. The van der Waals surface area contributed by atoms with Crippen LogP contribution in [0.3, 0.4) is 0 Å². The van der Waals surface area contributed by atoms with Crippen molar-refractivity contribution in [1.29, 1.82) is 0 Å². The van der Waals surface area contributed by atoms with Crippen LogP contribution in [0.4, 0.5) is 23.2 Å². The van der Waals surface area contributed by atoms with Crippen LogP contribution in [0.5, 0.6) is 5.75 Å². The predicted octanol–water partition coefficient (Wildman–Crippen LogP) is 3.49. The molecule has 1 heterocycles. The van der Waals surface area contributed by atoms with Gasteiger partial charge in [-0.05, 0) is 43.4 Å². The van der Waals surface area contributed by atoms with Crippen molar-refractivity contribution in [3.8, 4) is 5.75 Å². The lowest BCUT2D eigenvalue weighted by molar-refractivity contribution is -0.140. The normalized spacial score (nSPS) is 15.0. The summed E-state index contributed by atoms with van der Waals surface area (Å²) in [5.74, 6) is -2.37. The minimum atomic E-state index is -4.94. The Kier molecular flexibility index (Phi) is 6.49. The third-order valence-electron chi connectivity index (χ3n) is 5.02. The summed E-state index contributed by atoms with van der Waals surface area (Å²) in [6, 6.07) is 6.43. The second kappa shape index (κ2) is 8.93. The van der Waals surface area contributed by atoms with Crippen molar-refractivity contribution in [2.45, 2.75) is 6.18 Å². The first-order valence-corrected chi connectivity index (χ1v) is 9.44. The molecule has 31 heavy (non-hydrogen) atoms. The van der Waals surface area contributed by atoms with Gasteiger partial charge < -0.3 is 19.9 Å². The number of carbonyl (C=O) groups excluding carboxylic acids is 2. The molecule has 0 atom stereocenters. The molecular formula is C21H21F4N3O3. The van der Waals surface area contributed by atoms with Crippen LogP contribution in [0.1, 0.15) is 26.3 Å². The van der Waals surface area contributed by atoms with E-state index in [-0.39, 0.29) is 22.9 Å². The Morgan fingerprint density at radius 1 is 1.00 bits per heavy atom. The Hall–Kier alpha value is -3.14. The Labute approximate surface area is 176 Å². The molecule has 1 fully saturated rings. The summed E-state index contributed by atoms with van der Waals surface area (Å²) in [5, 5.41) is 2.45. The van der Waals surface area contributed by atoms with Crippen LogP contribution in [0.25, 0.3) is 0 Å². The van der Waals surface area contributed by atoms with E-state index in [0.29, 0.717) is 30.8 Å². The highest BCUT2D eigenvalue weighted by atomic mass is 19.4. The quantitative estimate of drug-likeness (QED) is 0.741. The summed E-state index contributed by atoms with van der Waals surface area (Å²) in [6.45, 7) is 2.58. The molecule has 2 aromatic rings. The van der Waals surface area contributed by atoms with Crippen LogP contribution < -0.4 is 10.1 Å². The summed E-state index contributed by atoms with van der Waals surface area (Å²) in [6.07, 6.45) is -4.94. The van der Waals surface area contributed by atoms with E-state index in [2.05, 4.69) is 10.2 Å². The van der Waals surface area contributed by atoms with Crippen LogP contribution in [0, 0.1) is 5.82 Å². The zero-order chi connectivity index (χ0) is 22.8. The monoisotopic (exact) mass is 439 g/mol. The van der Waals surface area contributed by atoms with Crippen molar-refractivity contribution >= 4 is 17.5 Å². The molecule has 0 aromatic heterocycles. The average molecular weight is 439 g/mol. The Balaban J connectivity index is 1.84. The van der Waals surface area contributed by atoms with Crippen molar-refractivity contribution in [3.63, 3.8) is 0 Å². The van der Waals surface area contributed by atoms with E-state index in [1.807, 2.05) is 7.05 Å². The van der Waals surface area contributed by atoms with Gasteiger partial charge >= 0.3 is 6.18 Å². The molecule has 1 aliphatic heterocycles. The van der Waals surface area contributed by atoms with E-state index in [1.54, 1.807) is 11.0 Å². The standard InChI is InChI=1S/C21H21F4N3O3/c1-27-7-9-28(10-8-27)20(30)14-4-6-18(31-2)17(12-14)26-19(29)13-3-5-16(22)15(11-13)21(23,24)25/h3-6,11-12H,7-10H2,1-2H3,(H,26,29). The number of piperazine rings is 1. The minimum absolute atomic E-state index is 0.116. The number of carbonyl (C=O) groups is 2. The van der Waals surface area contributed by atoms with Crippen LogP contribution in [-0.2, 0) is 6.18 Å². The molecule has 0 radical (unpaired) electrons. The first-order chi connectivity index (χ1) is 14.6. The molecule has 6 nitrogen and oxygen atoms in total. The van der Waals surface area contributed by atoms with Crippen molar-refractivity contribution in [3.05, 3.63) is 58.9 Å². The van der Waals surface area contributed by atoms with Gasteiger partial charge in [-0.2, -0.15) is 13.2 Å². The number of amides is 2. The van der Waals surface area contributed by atoms with Crippen LogP contribution in [0.2, 0.25) is 0 Å². The topological polar surface area (TPSA) is 61.9 Å². The van der Waals surface area contributed by atoms with Crippen molar-refractivity contribution in [1.82, 2.24) is 9.80 Å². The number of ether oxygens (including phenoxy) is 1. The summed E-state index contributed by atoms with van der Waals surface area (Å²) in [4.78, 5) is 29.1. The zero-order valence-corrected chi connectivity index (χ0v) is 16.9. The maximum Gasteiger partial charge on any atom is 0.419 e. The highest BCUT2D eigenvalue weighted by Crippen LogP contribution is 2.32.